The third-order valence-electron chi connectivity index (χ3n) is 2.73. The van der Waals surface area contributed by atoms with Gasteiger partial charge in [-0.15, -0.1) is 0 Å². The molecule has 0 aliphatic rings. The quantitative estimate of drug-likeness (QED) is 0.873. The van der Waals surface area contributed by atoms with Gasteiger partial charge in [0.2, 0.25) is 0 Å². The van der Waals surface area contributed by atoms with Gasteiger partial charge in [0.15, 0.2) is 0 Å². The fraction of sp³-hybridized carbons (Fsp3) is 0.500. The molecule has 0 fully saturated rings. The van der Waals surface area contributed by atoms with Crippen molar-refractivity contribution in [1.82, 2.24) is 4.90 Å². The Bertz CT molecular complexity index is 429. The van der Waals surface area contributed by atoms with E-state index in [1.54, 1.807) is 12.1 Å². The Kier molecular flexibility index (Phi) is 5.63. The standard InChI is InChI=1S/C14H20ClNO3/c1-14(2,3)16(10-13(17)18)8-9-19-12-7-5-4-6-11(12)15/h4-7H,8-10H2,1-3H3,(H,17,18). The zero-order valence-corrected chi connectivity index (χ0v) is 12.3. The van der Waals surface area contributed by atoms with Crippen LogP contribution in [0.4, 0.5) is 0 Å². The highest BCUT2D eigenvalue weighted by Crippen LogP contribution is 2.23. The molecule has 1 N–H and O–H groups in total. The molecule has 0 unspecified atom stereocenters. The van der Waals surface area contributed by atoms with Gasteiger partial charge in [-0.1, -0.05) is 23.7 Å². The first-order valence-corrected chi connectivity index (χ1v) is 6.52. The molecule has 0 radical (unpaired) electrons. The first kappa shape index (κ1) is 15.8. The molecule has 0 saturated heterocycles. The number of nitrogens with zero attached hydrogens (tertiary/aromatic N) is 1. The smallest absolute Gasteiger partial charge is 0.317 e. The lowest BCUT2D eigenvalue weighted by molar-refractivity contribution is -0.139. The van der Waals surface area contributed by atoms with E-state index in [1.807, 2.05) is 37.8 Å². The van der Waals surface area contributed by atoms with Gasteiger partial charge >= 0.3 is 5.97 Å². The predicted octanol–water partition coefficient (Wildman–Crippen LogP) is 2.90. The molecule has 0 aromatic heterocycles. The molecule has 1 aromatic rings. The Morgan fingerprint density at radius 1 is 1.37 bits per heavy atom. The van der Waals surface area contributed by atoms with E-state index < -0.39 is 5.97 Å². The summed E-state index contributed by atoms with van der Waals surface area (Å²) in [6.45, 7) is 6.85. The molecule has 0 bridgehead atoms. The van der Waals surface area contributed by atoms with E-state index in [-0.39, 0.29) is 12.1 Å². The van der Waals surface area contributed by atoms with Crippen molar-refractivity contribution in [3.63, 3.8) is 0 Å². The number of ether oxygens (including phenoxy) is 1. The van der Waals surface area contributed by atoms with Crippen LogP contribution in [-0.2, 0) is 4.79 Å². The molecule has 0 spiro atoms. The van der Waals surface area contributed by atoms with Crippen molar-refractivity contribution in [2.24, 2.45) is 0 Å². The van der Waals surface area contributed by atoms with Crippen LogP contribution in [0.25, 0.3) is 0 Å². The number of para-hydroxylation sites is 1. The Labute approximate surface area is 118 Å². The van der Waals surface area contributed by atoms with Crippen LogP contribution in [0.1, 0.15) is 20.8 Å². The summed E-state index contributed by atoms with van der Waals surface area (Å²) < 4.78 is 5.58. The largest absolute Gasteiger partial charge is 0.491 e. The molecular weight excluding hydrogens is 266 g/mol. The van der Waals surface area contributed by atoms with E-state index in [2.05, 4.69) is 0 Å². The minimum Gasteiger partial charge on any atom is -0.491 e. The number of aliphatic carboxylic acids is 1. The summed E-state index contributed by atoms with van der Waals surface area (Å²) in [6, 6.07) is 7.23. The van der Waals surface area contributed by atoms with Crippen molar-refractivity contribution in [2.45, 2.75) is 26.3 Å². The third kappa shape index (κ3) is 5.49. The van der Waals surface area contributed by atoms with E-state index in [1.165, 1.54) is 0 Å². The van der Waals surface area contributed by atoms with Gasteiger partial charge in [0.05, 0.1) is 11.6 Å². The maximum absolute atomic E-state index is 10.8. The normalized spacial score (nSPS) is 11.6. The lowest BCUT2D eigenvalue weighted by Crippen LogP contribution is -2.46. The second-order valence-corrected chi connectivity index (χ2v) is 5.67. The van der Waals surface area contributed by atoms with Crippen molar-refractivity contribution in [3.05, 3.63) is 29.3 Å². The molecule has 4 nitrogen and oxygen atoms in total. The molecular formula is C14H20ClNO3. The van der Waals surface area contributed by atoms with E-state index >= 15 is 0 Å². The van der Waals surface area contributed by atoms with Gasteiger partial charge < -0.3 is 9.84 Å². The molecule has 19 heavy (non-hydrogen) atoms. The third-order valence-corrected chi connectivity index (χ3v) is 3.04. The summed E-state index contributed by atoms with van der Waals surface area (Å²) in [6.07, 6.45) is 0. The van der Waals surface area contributed by atoms with Crippen molar-refractivity contribution in [1.29, 1.82) is 0 Å². The van der Waals surface area contributed by atoms with Gasteiger partial charge in [-0.05, 0) is 32.9 Å². The number of carboxylic acids is 1. The van der Waals surface area contributed by atoms with Crippen LogP contribution in [0, 0.1) is 0 Å². The number of halogens is 1. The van der Waals surface area contributed by atoms with Crippen LogP contribution in [0.5, 0.6) is 5.75 Å². The highest BCUT2D eigenvalue weighted by atomic mass is 35.5. The molecule has 0 heterocycles. The molecule has 0 aliphatic carbocycles. The number of hydrogen-bond donors (Lipinski definition) is 1. The number of carboxylic acid groups (broad SMARTS) is 1. The first-order chi connectivity index (χ1) is 8.80. The van der Waals surface area contributed by atoms with E-state index in [0.29, 0.717) is 23.9 Å². The van der Waals surface area contributed by atoms with Gasteiger partial charge in [0.25, 0.3) is 0 Å². The van der Waals surface area contributed by atoms with Gasteiger partial charge in [-0.2, -0.15) is 0 Å². The van der Waals surface area contributed by atoms with Crippen LogP contribution in [0.15, 0.2) is 24.3 Å². The van der Waals surface area contributed by atoms with Gasteiger partial charge in [0, 0.05) is 12.1 Å². The Hall–Kier alpha value is -1.26. The summed E-state index contributed by atoms with van der Waals surface area (Å²) >= 11 is 5.98. The van der Waals surface area contributed by atoms with Crippen molar-refractivity contribution in [2.75, 3.05) is 19.7 Å². The highest BCUT2D eigenvalue weighted by molar-refractivity contribution is 6.32. The minimum atomic E-state index is -0.840. The zero-order valence-electron chi connectivity index (χ0n) is 11.5. The lowest BCUT2D eigenvalue weighted by Gasteiger charge is -2.34. The molecule has 0 atom stereocenters. The SMILES string of the molecule is CC(C)(C)N(CCOc1ccccc1Cl)CC(=O)O. The Morgan fingerprint density at radius 2 is 2.00 bits per heavy atom. The molecule has 106 valence electrons. The zero-order chi connectivity index (χ0) is 14.5. The summed E-state index contributed by atoms with van der Waals surface area (Å²) in [5.41, 5.74) is -0.220. The lowest BCUT2D eigenvalue weighted by atomic mass is 10.1. The van der Waals surface area contributed by atoms with Gasteiger partial charge in [-0.25, -0.2) is 0 Å². The maximum Gasteiger partial charge on any atom is 0.317 e. The fourth-order valence-corrected chi connectivity index (χ4v) is 1.83. The fourth-order valence-electron chi connectivity index (χ4n) is 1.64. The Morgan fingerprint density at radius 3 is 2.53 bits per heavy atom. The summed E-state index contributed by atoms with van der Waals surface area (Å²) in [5.74, 6) is -0.221. The van der Waals surface area contributed by atoms with Crippen molar-refractivity contribution in [3.8, 4) is 5.75 Å². The summed E-state index contributed by atoms with van der Waals surface area (Å²) in [5, 5.41) is 9.46. The number of benzene rings is 1. The van der Waals surface area contributed by atoms with E-state index in [9.17, 15) is 4.79 Å². The van der Waals surface area contributed by atoms with Crippen LogP contribution < -0.4 is 4.74 Å². The highest BCUT2D eigenvalue weighted by Gasteiger charge is 2.23. The molecule has 0 saturated carbocycles. The summed E-state index contributed by atoms with van der Waals surface area (Å²) in [4.78, 5) is 12.7. The maximum atomic E-state index is 10.8. The molecule has 5 heteroatoms. The van der Waals surface area contributed by atoms with Crippen LogP contribution >= 0.6 is 11.6 Å². The van der Waals surface area contributed by atoms with Gasteiger partial charge in [0.1, 0.15) is 12.4 Å². The second kappa shape index (κ2) is 6.78. The number of carbonyl (C=O) groups is 1. The number of rotatable bonds is 6. The second-order valence-electron chi connectivity index (χ2n) is 5.26. The van der Waals surface area contributed by atoms with Crippen molar-refractivity contribution < 1.29 is 14.6 Å². The van der Waals surface area contributed by atoms with Crippen LogP contribution in [0.2, 0.25) is 5.02 Å². The molecule has 0 aliphatic heterocycles. The number of hydrogen-bond acceptors (Lipinski definition) is 3. The average molecular weight is 286 g/mol. The minimum absolute atomic E-state index is 0.00458. The molecule has 1 aromatic carbocycles. The predicted molar refractivity (Wildman–Crippen MR) is 75.9 cm³/mol. The topological polar surface area (TPSA) is 49.8 Å². The van der Waals surface area contributed by atoms with Gasteiger partial charge in [-0.3, -0.25) is 9.69 Å². The molecule has 1 rings (SSSR count). The van der Waals surface area contributed by atoms with Crippen molar-refractivity contribution >= 4 is 17.6 Å². The molecule has 0 amide bonds. The monoisotopic (exact) mass is 285 g/mol. The average Bonchev–Trinajstić information content (AvgIpc) is 2.28. The Balaban J connectivity index is 2.53. The first-order valence-electron chi connectivity index (χ1n) is 6.15. The van der Waals surface area contributed by atoms with Crippen LogP contribution in [0.3, 0.4) is 0 Å². The van der Waals surface area contributed by atoms with Crippen LogP contribution in [-0.4, -0.2) is 41.2 Å². The van der Waals surface area contributed by atoms with E-state index in [4.69, 9.17) is 21.4 Å². The summed E-state index contributed by atoms with van der Waals surface area (Å²) in [7, 11) is 0. The van der Waals surface area contributed by atoms with E-state index in [0.717, 1.165) is 0 Å².